The number of nitrogens with one attached hydrogen (secondary N) is 1. The third-order valence-corrected chi connectivity index (χ3v) is 3.26. The van der Waals surface area contributed by atoms with Gasteiger partial charge in [0.25, 0.3) is 5.91 Å². The number of aromatic nitrogens is 2. The Bertz CT molecular complexity index is 718. The minimum Gasteiger partial charge on any atom is -0.472 e. The Labute approximate surface area is 136 Å². The van der Waals surface area contributed by atoms with Crippen molar-refractivity contribution in [3.05, 3.63) is 47.2 Å². The first-order valence-corrected chi connectivity index (χ1v) is 7.18. The second-order valence-electron chi connectivity index (χ2n) is 3.99. The van der Waals surface area contributed by atoms with Crippen LogP contribution < -0.4 is 9.08 Å². The van der Waals surface area contributed by atoms with Gasteiger partial charge in [-0.25, -0.2) is 4.09 Å². The lowest BCUT2D eigenvalue weighted by Gasteiger charge is -2.10. The second-order valence-corrected chi connectivity index (χ2v) is 4.80. The average Bonchev–Trinajstić information content (AvgIpc) is 2.91. The molecule has 21 heavy (non-hydrogen) atoms. The minimum absolute atomic E-state index is 0.186. The van der Waals surface area contributed by atoms with Gasteiger partial charge in [-0.05, 0) is 31.9 Å². The van der Waals surface area contributed by atoms with Crippen molar-refractivity contribution in [1.29, 1.82) is 0 Å². The zero-order valence-electron chi connectivity index (χ0n) is 11.1. The molecule has 0 saturated heterocycles. The number of carbonyl (C=O) groups is 1. The van der Waals surface area contributed by atoms with Crippen LogP contribution in [0.1, 0.15) is 28.4 Å². The van der Waals surface area contributed by atoms with Crippen LogP contribution in [0.25, 0.3) is 0 Å². The first-order chi connectivity index (χ1) is 10.2. The van der Waals surface area contributed by atoms with E-state index in [1.807, 2.05) is 6.07 Å². The summed E-state index contributed by atoms with van der Waals surface area (Å²) >= 11 is 6.99. The number of ether oxygens (including phenoxy) is 1. The highest BCUT2D eigenvalue weighted by Crippen LogP contribution is 2.18. The van der Waals surface area contributed by atoms with Gasteiger partial charge in [-0.3, -0.25) is 9.14 Å². The van der Waals surface area contributed by atoms with Crippen LogP contribution >= 0.6 is 29.0 Å². The van der Waals surface area contributed by atoms with Crippen molar-refractivity contribution >= 4 is 34.9 Å². The van der Waals surface area contributed by atoms with E-state index in [1.165, 1.54) is 4.09 Å². The number of thiol groups is 1. The number of carbonyl (C=O) groups excluding carboxylic acids is 1. The molecule has 0 aliphatic heterocycles. The van der Waals surface area contributed by atoms with Crippen molar-refractivity contribution in [2.45, 2.75) is 13.5 Å². The molecular formula is C14H12BrN3O2S. The van der Waals surface area contributed by atoms with Crippen LogP contribution in [0.15, 0.2) is 30.5 Å². The molecule has 0 atom stereocenters. The van der Waals surface area contributed by atoms with Gasteiger partial charge in [0.15, 0.2) is 0 Å². The van der Waals surface area contributed by atoms with E-state index in [4.69, 9.17) is 4.74 Å². The summed E-state index contributed by atoms with van der Waals surface area (Å²) in [7, 11) is 0. The molecule has 1 aromatic heterocycles. The monoisotopic (exact) mass is 365 g/mol. The Kier molecular flexibility index (Phi) is 5.31. The number of rotatable bonds is 4. The Hall–Kier alpha value is -1.91. The predicted octanol–water partition coefficient (Wildman–Crippen LogP) is 2.57. The lowest BCUT2D eigenvalue weighted by atomic mass is 10.0. The Morgan fingerprint density at radius 3 is 2.95 bits per heavy atom. The van der Waals surface area contributed by atoms with Gasteiger partial charge in [0.1, 0.15) is 6.61 Å². The number of halogens is 1. The fourth-order valence-corrected chi connectivity index (χ4v) is 2.15. The van der Waals surface area contributed by atoms with E-state index >= 15 is 0 Å². The highest BCUT2D eigenvalue weighted by atomic mass is 79.9. The first kappa shape index (κ1) is 15.5. The Morgan fingerprint density at radius 1 is 1.52 bits per heavy atom. The number of hydrogen-bond donors (Lipinski definition) is 2. The lowest BCUT2D eigenvalue weighted by molar-refractivity contribution is 0.0984. The van der Waals surface area contributed by atoms with E-state index in [0.29, 0.717) is 17.0 Å². The van der Waals surface area contributed by atoms with Crippen molar-refractivity contribution in [3.63, 3.8) is 0 Å². The van der Waals surface area contributed by atoms with Gasteiger partial charge < -0.3 is 4.74 Å². The molecule has 1 heterocycles. The summed E-state index contributed by atoms with van der Waals surface area (Å²) in [5.41, 5.74) is 1.95. The van der Waals surface area contributed by atoms with Gasteiger partial charge in [0, 0.05) is 45.1 Å². The largest absolute Gasteiger partial charge is 0.472 e. The molecule has 0 aliphatic rings. The molecule has 0 spiro atoms. The average molecular weight is 366 g/mol. The number of hydrogen-bond acceptors (Lipinski definition) is 4. The molecule has 0 unspecified atom stereocenters. The van der Waals surface area contributed by atoms with Gasteiger partial charge in [-0.15, -0.1) is 11.0 Å². The number of benzene rings is 1. The summed E-state index contributed by atoms with van der Waals surface area (Å²) in [6.07, 6.45) is 1.66. The lowest BCUT2D eigenvalue weighted by Crippen LogP contribution is -2.16. The summed E-state index contributed by atoms with van der Waals surface area (Å²) < 4.78 is 9.37. The molecule has 1 amide bonds. The molecular weight excluding hydrogens is 354 g/mol. The first-order valence-electron chi connectivity index (χ1n) is 5.99. The molecule has 0 radical (unpaired) electrons. The van der Waals surface area contributed by atoms with Gasteiger partial charge >= 0.3 is 0 Å². The quantitative estimate of drug-likeness (QED) is 0.497. The van der Waals surface area contributed by atoms with Crippen LogP contribution in [-0.4, -0.2) is 15.1 Å². The van der Waals surface area contributed by atoms with E-state index < -0.39 is 0 Å². The van der Waals surface area contributed by atoms with Crippen molar-refractivity contribution in [3.8, 4) is 17.7 Å². The van der Waals surface area contributed by atoms with E-state index in [0.717, 1.165) is 5.56 Å². The van der Waals surface area contributed by atoms with E-state index in [1.54, 1.807) is 31.3 Å². The maximum Gasteiger partial charge on any atom is 0.261 e. The highest BCUT2D eigenvalue weighted by molar-refractivity contribution is 9.08. The molecule has 0 fully saturated rings. The maximum atomic E-state index is 11.9. The minimum atomic E-state index is -0.256. The summed E-state index contributed by atoms with van der Waals surface area (Å²) in [5.74, 6) is 5.97. The van der Waals surface area contributed by atoms with Crippen molar-refractivity contribution < 1.29 is 9.53 Å². The molecule has 5 nitrogen and oxygen atoms in total. The van der Waals surface area contributed by atoms with E-state index in [2.05, 4.69) is 50.2 Å². The second kappa shape index (κ2) is 7.20. The van der Waals surface area contributed by atoms with Crippen molar-refractivity contribution in [2.75, 3.05) is 0 Å². The van der Waals surface area contributed by atoms with Crippen LogP contribution in [0.2, 0.25) is 0 Å². The van der Waals surface area contributed by atoms with Crippen molar-refractivity contribution in [2.24, 2.45) is 0 Å². The van der Waals surface area contributed by atoms with E-state index in [9.17, 15) is 4.79 Å². The SMILES string of the molecule is CC#Cc1cccc(C(=O)NBr)c1COc1ccn(S)n1. The topological polar surface area (TPSA) is 56.1 Å². The zero-order chi connectivity index (χ0) is 15.2. The van der Waals surface area contributed by atoms with Gasteiger partial charge in [0.2, 0.25) is 5.88 Å². The zero-order valence-corrected chi connectivity index (χ0v) is 13.6. The van der Waals surface area contributed by atoms with Crippen LogP contribution in [0.4, 0.5) is 0 Å². The fourth-order valence-electron chi connectivity index (χ4n) is 1.78. The number of nitrogens with zero attached hydrogens (tertiary/aromatic N) is 2. The van der Waals surface area contributed by atoms with Gasteiger partial charge in [-0.2, -0.15) is 0 Å². The van der Waals surface area contributed by atoms with Crippen molar-refractivity contribution in [1.82, 2.24) is 13.5 Å². The van der Waals surface area contributed by atoms with Crippen LogP contribution in [0, 0.1) is 11.8 Å². The Morgan fingerprint density at radius 2 is 2.33 bits per heavy atom. The molecule has 7 heteroatoms. The highest BCUT2D eigenvalue weighted by Gasteiger charge is 2.14. The summed E-state index contributed by atoms with van der Waals surface area (Å²) in [5, 5.41) is 4.01. The van der Waals surface area contributed by atoms with Crippen LogP contribution in [0.5, 0.6) is 5.88 Å². The smallest absolute Gasteiger partial charge is 0.261 e. The molecule has 0 bridgehead atoms. The maximum absolute atomic E-state index is 11.9. The third kappa shape index (κ3) is 3.80. The van der Waals surface area contributed by atoms with Gasteiger partial charge in [0.05, 0.1) is 0 Å². The molecule has 0 saturated carbocycles. The standard InChI is InChI=1S/C14H12BrN3O2S/c1-2-4-10-5-3-6-11(14(19)16-15)12(10)9-20-13-7-8-18(21)17-13/h3,5-8,21H,9H2,1H3,(H,16,19). The summed E-state index contributed by atoms with van der Waals surface area (Å²) in [4.78, 5) is 11.9. The molecule has 2 rings (SSSR count). The summed E-state index contributed by atoms with van der Waals surface area (Å²) in [6.45, 7) is 1.93. The van der Waals surface area contributed by atoms with E-state index in [-0.39, 0.29) is 12.5 Å². The third-order valence-electron chi connectivity index (χ3n) is 2.68. The molecule has 2 aromatic rings. The molecule has 0 aliphatic carbocycles. The fraction of sp³-hybridized carbons (Fsp3) is 0.143. The molecule has 108 valence electrons. The molecule has 1 aromatic carbocycles. The number of amides is 1. The summed E-state index contributed by atoms with van der Waals surface area (Å²) in [6, 6.07) is 7.03. The van der Waals surface area contributed by atoms with Gasteiger partial charge in [-0.1, -0.05) is 12.0 Å². The van der Waals surface area contributed by atoms with Crippen LogP contribution in [0.3, 0.4) is 0 Å². The normalized spacial score (nSPS) is 9.67. The van der Waals surface area contributed by atoms with Crippen LogP contribution in [-0.2, 0) is 6.61 Å². The predicted molar refractivity (Wildman–Crippen MR) is 86.3 cm³/mol. The Balaban J connectivity index is 2.33. The molecule has 1 N–H and O–H groups in total.